The van der Waals surface area contributed by atoms with E-state index >= 15 is 4.39 Å². The van der Waals surface area contributed by atoms with E-state index in [2.05, 4.69) is 34.8 Å². The molecular formula is C31H32F3NO. The van der Waals surface area contributed by atoms with Gasteiger partial charge in [0.25, 0.3) is 0 Å². The number of alkyl halides is 2. The number of nitrogens with zero attached hydrogens (tertiary/aromatic N) is 1. The highest BCUT2D eigenvalue weighted by molar-refractivity contribution is 5.84. The molecule has 1 heterocycles. The largest absolute Gasteiger partial charge is 0.435 e. The Morgan fingerprint density at radius 2 is 1.50 bits per heavy atom. The lowest BCUT2D eigenvalue weighted by atomic mass is 9.98. The Hall–Kier alpha value is -3.34. The molecule has 0 fully saturated rings. The van der Waals surface area contributed by atoms with Crippen LogP contribution in [0.25, 0.3) is 10.8 Å². The van der Waals surface area contributed by atoms with E-state index < -0.39 is 6.61 Å². The molecule has 0 saturated heterocycles. The molecule has 3 aromatic carbocycles. The number of fused-ring (bicyclic) bond motifs is 1. The first-order valence-corrected chi connectivity index (χ1v) is 12.7. The van der Waals surface area contributed by atoms with Gasteiger partial charge < -0.3 is 4.74 Å². The van der Waals surface area contributed by atoms with Gasteiger partial charge in [0.1, 0.15) is 11.6 Å². The smallest absolute Gasteiger partial charge is 0.387 e. The molecule has 0 aliphatic rings. The molecule has 5 heteroatoms. The molecule has 0 saturated carbocycles. The summed E-state index contributed by atoms with van der Waals surface area (Å²) in [5.74, 6) is -0.0753. The van der Waals surface area contributed by atoms with Crippen LogP contribution >= 0.6 is 0 Å². The first kappa shape index (κ1) is 25.7. The van der Waals surface area contributed by atoms with Crippen LogP contribution in [0.15, 0.2) is 72.9 Å². The zero-order valence-corrected chi connectivity index (χ0v) is 20.7. The minimum atomic E-state index is -2.84. The highest BCUT2D eigenvalue weighted by atomic mass is 19.3. The van der Waals surface area contributed by atoms with Crippen LogP contribution in [0.3, 0.4) is 0 Å². The van der Waals surface area contributed by atoms with Crippen LogP contribution in [0.1, 0.15) is 54.1 Å². The second-order valence-electron chi connectivity index (χ2n) is 9.23. The Labute approximate surface area is 211 Å². The Kier molecular flexibility index (Phi) is 8.99. The molecule has 0 radical (unpaired) electrons. The fourth-order valence-electron chi connectivity index (χ4n) is 4.45. The summed E-state index contributed by atoms with van der Waals surface area (Å²) in [5, 5.41) is 1.51. The number of aromatic nitrogens is 1. The molecule has 0 aliphatic carbocycles. The van der Waals surface area contributed by atoms with E-state index in [1.54, 1.807) is 12.1 Å². The number of aryl methyl sites for hydroxylation is 5. The standard InChI is InChI=1S/C31H32F3NO/c1-2-3-4-5-24-8-16-27(35-21-24)15-7-23-11-19-29-26(20-23)14-13-25(30(29)32)12-6-22-9-17-28(18-10-22)36-31(33)34/h8-11,13-14,16-21,31H,2-7,12,15H2,1H3. The predicted molar refractivity (Wildman–Crippen MR) is 139 cm³/mol. The van der Waals surface area contributed by atoms with E-state index in [1.807, 2.05) is 30.5 Å². The first-order chi connectivity index (χ1) is 17.5. The molecule has 1 aromatic heterocycles. The van der Waals surface area contributed by atoms with E-state index in [1.165, 1.54) is 37.0 Å². The minimum Gasteiger partial charge on any atom is -0.435 e. The summed E-state index contributed by atoms with van der Waals surface area (Å²) in [6.07, 6.45) is 9.60. The summed E-state index contributed by atoms with van der Waals surface area (Å²) >= 11 is 0. The normalized spacial score (nSPS) is 11.4. The van der Waals surface area contributed by atoms with Gasteiger partial charge in [-0.05, 0) is 84.4 Å². The monoisotopic (exact) mass is 491 g/mol. The average molecular weight is 492 g/mol. The van der Waals surface area contributed by atoms with Crippen LogP contribution in [-0.2, 0) is 32.1 Å². The van der Waals surface area contributed by atoms with Crippen LogP contribution in [0.2, 0.25) is 0 Å². The van der Waals surface area contributed by atoms with Crippen LogP contribution < -0.4 is 4.74 Å². The molecule has 0 N–H and O–H groups in total. The van der Waals surface area contributed by atoms with Gasteiger partial charge in [-0.3, -0.25) is 4.98 Å². The summed E-state index contributed by atoms with van der Waals surface area (Å²) in [6, 6.07) is 20.5. The van der Waals surface area contributed by atoms with Gasteiger partial charge in [0, 0.05) is 17.3 Å². The maximum absolute atomic E-state index is 15.2. The lowest BCUT2D eigenvalue weighted by molar-refractivity contribution is -0.0498. The Bertz CT molecular complexity index is 1250. The van der Waals surface area contributed by atoms with Crippen molar-refractivity contribution in [1.82, 2.24) is 4.98 Å². The van der Waals surface area contributed by atoms with Crippen LogP contribution in [0, 0.1) is 5.82 Å². The molecule has 0 atom stereocenters. The highest BCUT2D eigenvalue weighted by Crippen LogP contribution is 2.25. The van der Waals surface area contributed by atoms with Crippen molar-refractivity contribution in [2.24, 2.45) is 0 Å². The van der Waals surface area contributed by atoms with Gasteiger partial charge in [-0.25, -0.2) is 4.39 Å². The van der Waals surface area contributed by atoms with Gasteiger partial charge in [0.15, 0.2) is 0 Å². The third-order valence-electron chi connectivity index (χ3n) is 6.55. The summed E-state index contributed by atoms with van der Waals surface area (Å²) in [5.41, 5.74) is 5.11. The quantitative estimate of drug-likeness (QED) is 0.186. The third-order valence-corrected chi connectivity index (χ3v) is 6.55. The van der Waals surface area contributed by atoms with E-state index in [0.29, 0.717) is 23.8 Å². The van der Waals surface area contributed by atoms with Crippen molar-refractivity contribution in [1.29, 1.82) is 0 Å². The van der Waals surface area contributed by atoms with E-state index in [0.717, 1.165) is 41.5 Å². The fraction of sp³-hybridized carbons (Fsp3) is 0.323. The molecule has 0 bridgehead atoms. The molecular weight excluding hydrogens is 459 g/mol. The molecule has 0 spiro atoms. The van der Waals surface area contributed by atoms with Gasteiger partial charge in [-0.2, -0.15) is 8.78 Å². The van der Waals surface area contributed by atoms with E-state index in [4.69, 9.17) is 0 Å². The van der Waals surface area contributed by atoms with Crippen LogP contribution in [-0.4, -0.2) is 11.6 Å². The Morgan fingerprint density at radius 1 is 0.750 bits per heavy atom. The fourth-order valence-corrected chi connectivity index (χ4v) is 4.45. The molecule has 4 rings (SSSR count). The van der Waals surface area contributed by atoms with Crippen molar-refractivity contribution in [3.63, 3.8) is 0 Å². The molecule has 36 heavy (non-hydrogen) atoms. The molecule has 4 aromatic rings. The number of pyridine rings is 1. The maximum atomic E-state index is 15.2. The first-order valence-electron chi connectivity index (χ1n) is 12.7. The number of unbranched alkanes of at least 4 members (excludes halogenated alkanes) is 2. The van der Waals surface area contributed by atoms with Gasteiger partial charge in [-0.15, -0.1) is 0 Å². The van der Waals surface area contributed by atoms with Crippen LogP contribution in [0.5, 0.6) is 5.75 Å². The van der Waals surface area contributed by atoms with Crippen molar-refractivity contribution in [3.8, 4) is 5.75 Å². The highest BCUT2D eigenvalue weighted by Gasteiger charge is 2.10. The summed E-state index contributed by atoms with van der Waals surface area (Å²) in [6.45, 7) is -0.630. The summed E-state index contributed by atoms with van der Waals surface area (Å²) < 4.78 is 44.2. The number of hydrogen-bond donors (Lipinski definition) is 0. The van der Waals surface area contributed by atoms with E-state index in [9.17, 15) is 8.78 Å². The van der Waals surface area contributed by atoms with Gasteiger partial charge in [0.2, 0.25) is 0 Å². The summed E-state index contributed by atoms with van der Waals surface area (Å²) in [4.78, 5) is 4.62. The third kappa shape index (κ3) is 7.09. The van der Waals surface area contributed by atoms with Crippen molar-refractivity contribution in [2.75, 3.05) is 0 Å². The molecule has 0 unspecified atom stereocenters. The zero-order chi connectivity index (χ0) is 25.3. The van der Waals surface area contributed by atoms with Crippen LogP contribution in [0.4, 0.5) is 13.2 Å². The number of hydrogen-bond acceptors (Lipinski definition) is 2. The molecule has 2 nitrogen and oxygen atoms in total. The lowest BCUT2D eigenvalue weighted by Gasteiger charge is -2.10. The SMILES string of the molecule is CCCCCc1ccc(CCc2ccc3c(F)c(CCc4ccc(OC(F)F)cc4)ccc3c2)nc1. The molecule has 188 valence electrons. The van der Waals surface area contributed by atoms with Gasteiger partial charge in [-0.1, -0.05) is 68.3 Å². The number of halogens is 3. The van der Waals surface area contributed by atoms with Crippen molar-refractivity contribution < 1.29 is 17.9 Å². The van der Waals surface area contributed by atoms with Gasteiger partial charge in [0.05, 0.1) is 0 Å². The predicted octanol–water partition coefficient (Wildman–Crippen LogP) is 8.28. The van der Waals surface area contributed by atoms with Crippen molar-refractivity contribution >= 4 is 10.8 Å². The second-order valence-corrected chi connectivity index (χ2v) is 9.23. The molecule has 0 aliphatic heterocycles. The van der Waals surface area contributed by atoms with Crippen molar-refractivity contribution in [2.45, 2.75) is 64.9 Å². The second kappa shape index (κ2) is 12.6. The molecule has 0 amide bonds. The Balaban J connectivity index is 1.35. The minimum absolute atomic E-state index is 0.122. The number of ether oxygens (including phenoxy) is 1. The van der Waals surface area contributed by atoms with Gasteiger partial charge >= 0.3 is 6.61 Å². The number of benzene rings is 3. The zero-order valence-electron chi connectivity index (χ0n) is 20.7. The van der Waals surface area contributed by atoms with Crippen molar-refractivity contribution in [3.05, 3.63) is 107 Å². The Morgan fingerprint density at radius 3 is 2.22 bits per heavy atom. The topological polar surface area (TPSA) is 22.1 Å². The average Bonchev–Trinajstić information content (AvgIpc) is 2.88. The maximum Gasteiger partial charge on any atom is 0.387 e. The lowest BCUT2D eigenvalue weighted by Crippen LogP contribution is -2.02. The van der Waals surface area contributed by atoms with E-state index in [-0.39, 0.29) is 11.6 Å². The summed E-state index contributed by atoms with van der Waals surface area (Å²) in [7, 11) is 0. The number of rotatable bonds is 12.